The summed E-state index contributed by atoms with van der Waals surface area (Å²) in [7, 11) is 0. The normalized spacial score (nSPS) is 22.1. The summed E-state index contributed by atoms with van der Waals surface area (Å²) in [5.41, 5.74) is 1.96. The average molecular weight is 382 g/mol. The highest BCUT2D eigenvalue weighted by atomic mass is 16.8. The van der Waals surface area contributed by atoms with Crippen molar-refractivity contribution in [3.05, 3.63) is 71.8 Å². The molecule has 0 spiro atoms. The highest BCUT2D eigenvalue weighted by molar-refractivity contribution is 5.15. The standard InChI is InChI=1S/C22H26N2O4/c1-22(2)27-20(16-26-15-18-11-7-4-8-12-18)21(28-22)19(13-23)24(25)14-17-9-5-3-6-10-17/h3-12,19-21,25H,14-16H2,1-2H3/t19-,20+,21+/m1/s1. The van der Waals surface area contributed by atoms with Crippen molar-refractivity contribution in [1.29, 1.82) is 5.26 Å². The van der Waals surface area contributed by atoms with Gasteiger partial charge >= 0.3 is 0 Å². The number of nitriles is 1. The molecule has 1 aliphatic heterocycles. The first-order valence-corrected chi connectivity index (χ1v) is 9.35. The van der Waals surface area contributed by atoms with Gasteiger partial charge in [0.15, 0.2) is 11.8 Å². The number of hydroxylamine groups is 2. The number of benzene rings is 2. The maximum atomic E-state index is 10.5. The first-order chi connectivity index (χ1) is 13.5. The van der Waals surface area contributed by atoms with Crippen molar-refractivity contribution in [2.24, 2.45) is 0 Å². The van der Waals surface area contributed by atoms with E-state index in [1.165, 1.54) is 0 Å². The fraction of sp³-hybridized carbons (Fsp3) is 0.409. The van der Waals surface area contributed by atoms with Gasteiger partial charge in [0.2, 0.25) is 0 Å². The van der Waals surface area contributed by atoms with Crippen LogP contribution in [-0.2, 0) is 27.4 Å². The molecule has 3 rings (SSSR count). The number of rotatable bonds is 8. The van der Waals surface area contributed by atoms with Crippen molar-refractivity contribution in [3.8, 4) is 6.07 Å². The van der Waals surface area contributed by atoms with Crippen molar-refractivity contribution in [2.45, 2.75) is 51.0 Å². The van der Waals surface area contributed by atoms with Gasteiger partial charge in [-0.3, -0.25) is 0 Å². The van der Waals surface area contributed by atoms with Gasteiger partial charge in [0, 0.05) is 0 Å². The Hall–Kier alpha value is -2.27. The number of hydrogen-bond donors (Lipinski definition) is 1. The molecule has 0 saturated carbocycles. The monoisotopic (exact) mass is 382 g/mol. The minimum absolute atomic E-state index is 0.219. The van der Waals surface area contributed by atoms with E-state index in [0.717, 1.165) is 16.2 Å². The lowest BCUT2D eigenvalue weighted by Gasteiger charge is -2.27. The molecule has 6 heteroatoms. The van der Waals surface area contributed by atoms with E-state index < -0.39 is 24.0 Å². The van der Waals surface area contributed by atoms with E-state index in [2.05, 4.69) is 6.07 Å². The minimum Gasteiger partial charge on any atom is -0.374 e. The van der Waals surface area contributed by atoms with Gasteiger partial charge in [-0.2, -0.15) is 10.3 Å². The first kappa shape index (κ1) is 20.5. The molecule has 0 unspecified atom stereocenters. The van der Waals surface area contributed by atoms with Gasteiger partial charge < -0.3 is 19.4 Å². The van der Waals surface area contributed by atoms with Gasteiger partial charge in [-0.1, -0.05) is 60.7 Å². The molecule has 6 nitrogen and oxygen atoms in total. The quantitative estimate of drug-likeness (QED) is 0.704. The lowest BCUT2D eigenvalue weighted by atomic mass is 10.1. The molecule has 1 heterocycles. The van der Waals surface area contributed by atoms with Crippen molar-refractivity contribution < 1.29 is 19.4 Å². The Bertz CT molecular complexity index is 776. The van der Waals surface area contributed by atoms with Gasteiger partial charge in [0.05, 0.1) is 25.8 Å². The van der Waals surface area contributed by atoms with E-state index in [0.29, 0.717) is 6.61 Å². The van der Waals surface area contributed by atoms with Gasteiger partial charge in [-0.25, -0.2) is 0 Å². The Labute approximate surface area is 165 Å². The Morgan fingerprint density at radius 2 is 1.68 bits per heavy atom. The fourth-order valence-corrected chi connectivity index (χ4v) is 3.31. The summed E-state index contributed by atoms with van der Waals surface area (Å²) < 4.78 is 17.7. The second kappa shape index (κ2) is 9.28. The zero-order valence-electron chi connectivity index (χ0n) is 16.2. The second-order valence-corrected chi connectivity index (χ2v) is 7.30. The summed E-state index contributed by atoms with van der Waals surface area (Å²) in [6, 6.07) is 20.6. The summed E-state index contributed by atoms with van der Waals surface area (Å²) in [6.07, 6.45) is -1.10. The topological polar surface area (TPSA) is 75.0 Å². The number of nitrogens with zero attached hydrogens (tertiary/aromatic N) is 2. The van der Waals surface area contributed by atoms with E-state index in [-0.39, 0.29) is 13.2 Å². The highest BCUT2D eigenvalue weighted by Crippen LogP contribution is 2.32. The molecule has 0 bridgehead atoms. The fourth-order valence-electron chi connectivity index (χ4n) is 3.31. The smallest absolute Gasteiger partial charge is 0.164 e. The van der Waals surface area contributed by atoms with Crippen LogP contribution < -0.4 is 0 Å². The van der Waals surface area contributed by atoms with Crippen LogP contribution >= 0.6 is 0 Å². The molecule has 0 radical (unpaired) electrons. The summed E-state index contributed by atoms with van der Waals surface area (Å²) in [4.78, 5) is 0. The Morgan fingerprint density at radius 1 is 1.07 bits per heavy atom. The third-order valence-corrected chi connectivity index (χ3v) is 4.57. The lowest BCUT2D eigenvalue weighted by molar-refractivity contribution is -0.177. The summed E-state index contributed by atoms with van der Waals surface area (Å²) in [5, 5.41) is 21.3. The predicted octanol–water partition coefficient (Wildman–Crippen LogP) is 3.51. The molecule has 0 amide bonds. The van der Waals surface area contributed by atoms with Crippen LogP contribution in [0.2, 0.25) is 0 Å². The van der Waals surface area contributed by atoms with Crippen LogP contribution in [0.3, 0.4) is 0 Å². The zero-order chi connectivity index (χ0) is 20.0. The van der Waals surface area contributed by atoms with Crippen molar-refractivity contribution in [3.63, 3.8) is 0 Å². The molecule has 148 valence electrons. The first-order valence-electron chi connectivity index (χ1n) is 9.35. The number of ether oxygens (including phenoxy) is 3. The van der Waals surface area contributed by atoms with Gasteiger partial charge in [0.1, 0.15) is 12.2 Å². The van der Waals surface area contributed by atoms with Crippen LogP contribution in [0.1, 0.15) is 25.0 Å². The van der Waals surface area contributed by atoms with Gasteiger partial charge in [-0.15, -0.1) is 0 Å². The van der Waals surface area contributed by atoms with E-state index in [4.69, 9.17) is 14.2 Å². The third-order valence-electron chi connectivity index (χ3n) is 4.57. The molecule has 0 aromatic heterocycles. The van der Waals surface area contributed by atoms with Crippen LogP contribution in [0.25, 0.3) is 0 Å². The van der Waals surface area contributed by atoms with Crippen molar-refractivity contribution in [2.75, 3.05) is 6.61 Å². The molecule has 0 aliphatic carbocycles. The lowest BCUT2D eigenvalue weighted by Crippen LogP contribution is -2.46. The summed E-state index contributed by atoms with van der Waals surface area (Å²) in [5.74, 6) is -0.853. The molecule has 3 atom stereocenters. The minimum atomic E-state index is -0.882. The molecule has 1 fully saturated rings. The summed E-state index contributed by atoms with van der Waals surface area (Å²) >= 11 is 0. The van der Waals surface area contributed by atoms with E-state index in [1.807, 2.05) is 60.7 Å². The van der Waals surface area contributed by atoms with Gasteiger partial charge in [0.25, 0.3) is 0 Å². The van der Waals surface area contributed by atoms with Crippen molar-refractivity contribution >= 4 is 0 Å². The van der Waals surface area contributed by atoms with E-state index in [9.17, 15) is 10.5 Å². The van der Waals surface area contributed by atoms with Crippen molar-refractivity contribution in [1.82, 2.24) is 5.06 Å². The SMILES string of the molecule is CC1(C)O[C@@H]([C@@H](C#N)N(O)Cc2ccccc2)[C@H](COCc2ccccc2)O1. The van der Waals surface area contributed by atoms with Crippen LogP contribution in [0, 0.1) is 11.3 Å². The Morgan fingerprint density at radius 3 is 2.29 bits per heavy atom. The van der Waals surface area contributed by atoms with E-state index >= 15 is 0 Å². The molecular formula is C22H26N2O4. The average Bonchev–Trinajstić information content (AvgIpc) is 2.98. The molecule has 1 saturated heterocycles. The molecule has 28 heavy (non-hydrogen) atoms. The summed E-state index contributed by atoms with van der Waals surface area (Å²) in [6.45, 7) is 4.52. The zero-order valence-corrected chi connectivity index (χ0v) is 16.2. The van der Waals surface area contributed by atoms with Gasteiger partial charge in [-0.05, 0) is 25.0 Å². The predicted molar refractivity (Wildman–Crippen MR) is 103 cm³/mol. The van der Waals surface area contributed by atoms with Crippen LogP contribution in [0.4, 0.5) is 0 Å². The molecule has 2 aromatic rings. The molecule has 2 aromatic carbocycles. The third kappa shape index (κ3) is 5.38. The van der Waals surface area contributed by atoms with Crippen LogP contribution in [0.15, 0.2) is 60.7 Å². The number of hydrogen-bond acceptors (Lipinski definition) is 6. The van der Waals surface area contributed by atoms with E-state index in [1.54, 1.807) is 13.8 Å². The Kier molecular flexibility index (Phi) is 6.79. The maximum Gasteiger partial charge on any atom is 0.164 e. The Balaban J connectivity index is 1.64. The molecule has 1 aliphatic rings. The van der Waals surface area contributed by atoms with Crippen LogP contribution in [-0.4, -0.2) is 40.9 Å². The largest absolute Gasteiger partial charge is 0.374 e. The highest BCUT2D eigenvalue weighted by Gasteiger charge is 2.47. The molecule has 1 N–H and O–H groups in total. The van der Waals surface area contributed by atoms with Crippen LogP contribution in [0.5, 0.6) is 0 Å². The second-order valence-electron chi connectivity index (χ2n) is 7.30. The molecular weight excluding hydrogens is 356 g/mol. The maximum absolute atomic E-state index is 10.5.